The van der Waals surface area contributed by atoms with Crippen LogP contribution >= 0.6 is 0 Å². The van der Waals surface area contributed by atoms with Crippen LogP contribution in [0.5, 0.6) is 0 Å². The van der Waals surface area contributed by atoms with Crippen molar-refractivity contribution in [2.75, 3.05) is 72.4 Å². The standard InChI is InChI=1S/C44H77N3O22/c1-2-25(51)7-5-3-4-6-8-30(53)46-14-11-44(12-15-46,21-29(52)45-13-18-64-41-38(61)35(58)32(55)26(22-48)67-41)10-9-31(54)47(16-19-65-42-39(62)36(59)33(56)27(23-49)68-42)17-20-66-43-40(63)37(60)34(57)28(24-50)69-43/h26-28,32-43,48-50,55-63H,2-24H2,1H3,(H,45,52)/t26-,27-,28-,32-,33-,34-,35+,36+,37+,38+,39+,40+,41+,42+,43+/m1/s1. The van der Waals surface area contributed by atoms with Gasteiger partial charge in [0, 0.05) is 64.8 Å². The number of Topliss-reactive ketones (excluding diaryl/α,β-unsaturated/α-hetero) is 1. The Hall–Kier alpha value is -2.64. The van der Waals surface area contributed by atoms with E-state index in [2.05, 4.69) is 5.32 Å². The average molecular weight is 1000 g/mol. The van der Waals surface area contributed by atoms with Crippen molar-refractivity contribution in [3.05, 3.63) is 0 Å². The fourth-order valence-corrected chi connectivity index (χ4v) is 8.87. The maximum atomic E-state index is 14.1. The highest BCUT2D eigenvalue weighted by atomic mass is 16.7. The third-order valence-electron chi connectivity index (χ3n) is 13.5. The van der Waals surface area contributed by atoms with Crippen LogP contribution in [0.4, 0.5) is 0 Å². The van der Waals surface area contributed by atoms with Crippen LogP contribution < -0.4 is 5.32 Å². The molecule has 0 saturated carbocycles. The van der Waals surface area contributed by atoms with Gasteiger partial charge in [-0.15, -0.1) is 0 Å². The molecule has 0 aliphatic carbocycles. The summed E-state index contributed by atoms with van der Waals surface area (Å²) in [5.74, 6) is -0.728. The molecule has 15 atom stereocenters. The second kappa shape index (κ2) is 29.2. The summed E-state index contributed by atoms with van der Waals surface area (Å²) < 4.78 is 33.0. The lowest BCUT2D eigenvalue weighted by molar-refractivity contribution is -0.303. The molecule has 3 amide bonds. The molecule has 0 bridgehead atoms. The molecule has 69 heavy (non-hydrogen) atoms. The lowest BCUT2D eigenvalue weighted by Crippen LogP contribution is -2.59. The Bertz CT molecular complexity index is 1510. The van der Waals surface area contributed by atoms with Gasteiger partial charge in [-0.2, -0.15) is 0 Å². The maximum absolute atomic E-state index is 14.1. The van der Waals surface area contributed by atoms with Gasteiger partial charge >= 0.3 is 0 Å². The number of piperidine rings is 1. The molecule has 0 spiro atoms. The molecule has 0 radical (unpaired) electrons. The highest BCUT2D eigenvalue weighted by molar-refractivity contribution is 5.79. The predicted molar refractivity (Wildman–Crippen MR) is 234 cm³/mol. The largest absolute Gasteiger partial charge is 0.394 e. The van der Waals surface area contributed by atoms with Crippen molar-refractivity contribution in [1.82, 2.24) is 15.1 Å². The van der Waals surface area contributed by atoms with Gasteiger partial charge in [0.05, 0.1) is 39.6 Å². The van der Waals surface area contributed by atoms with Crippen molar-refractivity contribution in [1.29, 1.82) is 0 Å². The number of hydrogen-bond donors (Lipinski definition) is 13. The van der Waals surface area contributed by atoms with Crippen LogP contribution in [-0.4, -0.2) is 259 Å². The van der Waals surface area contributed by atoms with Crippen molar-refractivity contribution in [2.45, 2.75) is 176 Å². The van der Waals surface area contributed by atoms with E-state index in [1.54, 1.807) is 4.90 Å². The lowest BCUT2D eigenvalue weighted by atomic mass is 9.72. The number of carbonyl (C=O) groups is 4. The quantitative estimate of drug-likeness (QED) is 0.0325. The summed E-state index contributed by atoms with van der Waals surface area (Å²) in [6, 6.07) is 0. The number of ketones is 1. The second-order valence-electron chi connectivity index (χ2n) is 18.3. The van der Waals surface area contributed by atoms with Gasteiger partial charge in [-0.05, 0) is 37.5 Å². The van der Waals surface area contributed by atoms with Crippen molar-refractivity contribution >= 4 is 23.5 Å². The first-order chi connectivity index (χ1) is 32.9. The first kappa shape index (κ1) is 58.9. The molecule has 25 heteroatoms. The first-order valence-electron chi connectivity index (χ1n) is 24.0. The Kier molecular flexibility index (Phi) is 24.9. The van der Waals surface area contributed by atoms with Crippen LogP contribution in [-0.2, 0) is 47.6 Å². The van der Waals surface area contributed by atoms with Crippen molar-refractivity contribution in [2.24, 2.45) is 5.41 Å². The normalized spacial score (nSPS) is 33.8. The molecule has 4 heterocycles. The summed E-state index contributed by atoms with van der Waals surface area (Å²) in [6.45, 7) is -0.848. The first-order valence-corrected chi connectivity index (χ1v) is 24.0. The number of carbonyl (C=O) groups excluding carboxylic acids is 4. The highest BCUT2D eigenvalue weighted by Gasteiger charge is 2.47. The van der Waals surface area contributed by atoms with E-state index in [1.165, 1.54) is 4.90 Å². The van der Waals surface area contributed by atoms with E-state index in [4.69, 9.17) is 28.4 Å². The van der Waals surface area contributed by atoms with Gasteiger partial charge in [0.1, 0.15) is 79.0 Å². The van der Waals surface area contributed by atoms with Gasteiger partial charge in [-0.25, -0.2) is 0 Å². The molecule has 4 aliphatic heterocycles. The SMILES string of the molecule is CCC(=O)CCCCCCC(=O)N1CCC(CCC(=O)N(CCO[C@H]2O[C@H](CO)[C@@H](O)[C@H](O)[C@@H]2O)CCO[C@H]2O[C@H](CO)[C@@H](O)[C@H](O)[C@@H]2O)(CC(=O)NCCO[C@H]2O[C@H](CO)[C@@H](O)[C@H](O)[C@@H]2O)CC1. The number of likely N-dealkylation sites (tertiary alicyclic amines) is 1. The molecule has 13 N–H and O–H groups in total. The molecule has 400 valence electrons. The molecule has 4 fully saturated rings. The predicted octanol–water partition coefficient (Wildman–Crippen LogP) is -5.52. The number of ether oxygens (including phenoxy) is 6. The summed E-state index contributed by atoms with van der Waals surface area (Å²) in [5.41, 5.74) is -0.800. The third kappa shape index (κ3) is 17.0. The fraction of sp³-hybridized carbons (Fsp3) is 0.909. The number of unbranched alkanes of at least 4 members (excludes halogenated alkanes) is 3. The van der Waals surface area contributed by atoms with Crippen molar-refractivity contribution < 1.29 is 109 Å². The molecule has 0 aromatic rings. The number of nitrogens with one attached hydrogen (secondary N) is 1. The molecular formula is C44H77N3O22. The van der Waals surface area contributed by atoms with Crippen LogP contribution in [0.15, 0.2) is 0 Å². The number of amides is 3. The number of rotatable bonds is 28. The zero-order chi connectivity index (χ0) is 50.8. The number of aliphatic hydroxyl groups is 12. The van der Waals surface area contributed by atoms with E-state index < -0.39 is 129 Å². The molecule has 4 rings (SSSR count). The van der Waals surface area contributed by atoms with Crippen LogP contribution in [0.1, 0.15) is 84.0 Å². The molecule has 4 aliphatic rings. The van der Waals surface area contributed by atoms with E-state index in [0.717, 1.165) is 19.3 Å². The van der Waals surface area contributed by atoms with Gasteiger partial charge in [-0.1, -0.05) is 19.8 Å². The van der Waals surface area contributed by atoms with E-state index in [0.29, 0.717) is 51.6 Å². The molecule has 4 saturated heterocycles. The summed E-state index contributed by atoms with van der Waals surface area (Å²) >= 11 is 0. The minimum atomic E-state index is -1.72. The van der Waals surface area contributed by atoms with Gasteiger partial charge in [0.2, 0.25) is 17.7 Å². The third-order valence-corrected chi connectivity index (χ3v) is 13.5. The maximum Gasteiger partial charge on any atom is 0.222 e. The van der Waals surface area contributed by atoms with E-state index in [-0.39, 0.29) is 70.4 Å². The van der Waals surface area contributed by atoms with Crippen molar-refractivity contribution in [3.8, 4) is 0 Å². The Morgan fingerprint density at radius 1 is 0.594 bits per heavy atom. The van der Waals surface area contributed by atoms with E-state index >= 15 is 0 Å². The molecule has 25 nitrogen and oxygen atoms in total. The van der Waals surface area contributed by atoms with E-state index in [1.807, 2.05) is 6.92 Å². The Labute approximate surface area is 400 Å². The smallest absolute Gasteiger partial charge is 0.222 e. The van der Waals surface area contributed by atoms with Crippen LogP contribution in [0.3, 0.4) is 0 Å². The molecule has 0 unspecified atom stereocenters. The Morgan fingerprint density at radius 3 is 1.46 bits per heavy atom. The Balaban J connectivity index is 1.42. The highest BCUT2D eigenvalue weighted by Crippen LogP contribution is 2.40. The van der Waals surface area contributed by atoms with Crippen molar-refractivity contribution in [3.63, 3.8) is 0 Å². The summed E-state index contributed by atoms with van der Waals surface area (Å²) in [5, 5.41) is 124. The Morgan fingerprint density at radius 2 is 1.03 bits per heavy atom. The molecule has 0 aromatic heterocycles. The lowest BCUT2D eigenvalue weighted by Gasteiger charge is -2.42. The fourth-order valence-electron chi connectivity index (χ4n) is 8.87. The minimum Gasteiger partial charge on any atom is -0.394 e. The molecular weight excluding hydrogens is 922 g/mol. The molecule has 0 aromatic carbocycles. The zero-order valence-corrected chi connectivity index (χ0v) is 39.3. The topological polar surface area (TPSA) is 385 Å². The van der Waals surface area contributed by atoms with Gasteiger partial charge in [-0.3, -0.25) is 19.2 Å². The van der Waals surface area contributed by atoms with Gasteiger partial charge in [0.15, 0.2) is 18.9 Å². The minimum absolute atomic E-state index is 0.0518. The van der Waals surface area contributed by atoms with E-state index in [9.17, 15) is 80.5 Å². The summed E-state index contributed by atoms with van der Waals surface area (Å²) in [6.07, 6.45) is -18.1. The van der Waals surface area contributed by atoms with Crippen LogP contribution in [0.2, 0.25) is 0 Å². The van der Waals surface area contributed by atoms with Crippen LogP contribution in [0, 0.1) is 5.41 Å². The summed E-state index contributed by atoms with van der Waals surface area (Å²) in [4.78, 5) is 55.7. The van der Waals surface area contributed by atoms with Gasteiger partial charge < -0.3 is 105 Å². The number of aliphatic hydroxyl groups excluding tert-OH is 12. The number of nitrogens with zero attached hydrogens (tertiary/aromatic N) is 2. The average Bonchev–Trinajstić information content (AvgIpc) is 3.34. The monoisotopic (exact) mass is 999 g/mol. The van der Waals surface area contributed by atoms with Gasteiger partial charge in [0.25, 0.3) is 0 Å². The summed E-state index contributed by atoms with van der Waals surface area (Å²) in [7, 11) is 0. The zero-order valence-electron chi connectivity index (χ0n) is 39.3. The number of hydrogen-bond acceptors (Lipinski definition) is 22. The second-order valence-corrected chi connectivity index (χ2v) is 18.3. The van der Waals surface area contributed by atoms with Crippen LogP contribution in [0.25, 0.3) is 0 Å².